The van der Waals surface area contributed by atoms with Crippen LogP contribution in [0.15, 0.2) is 55.0 Å². The van der Waals surface area contributed by atoms with Crippen LogP contribution in [-0.2, 0) is 19.3 Å². The van der Waals surface area contributed by atoms with E-state index in [0.29, 0.717) is 16.8 Å². The summed E-state index contributed by atoms with van der Waals surface area (Å²) in [6, 6.07) is 12.8. The van der Waals surface area contributed by atoms with Crippen LogP contribution in [0.25, 0.3) is 16.8 Å². The summed E-state index contributed by atoms with van der Waals surface area (Å²) in [5.74, 6) is 1.55. The third kappa shape index (κ3) is 2.73. The second-order valence-electron chi connectivity index (χ2n) is 6.58. The molecule has 0 saturated carbocycles. The molecule has 0 atom stereocenters. The van der Waals surface area contributed by atoms with Crippen molar-refractivity contribution in [3.63, 3.8) is 0 Å². The number of benzene rings is 2. The van der Waals surface area contributed by atoms with Crippen molar-refractivity contribution in [2.24, 2.45) is 0 Å². The van der Waals surface area contributed by atoms with Crippen molar-refractivity contribution in [3.05, 3.63) is 77.8 Å². The standard InChI is InChI=1S/C21H17FN4O/c22-18-6-2-1-5-16(18)17-12-23-20(26-13-24-25-21(17)26)9-8-14-4-3-7-19-15(14)10-11-27-19/h1-7,12-13H,8-11H2. The summed E-state index contributed by atoms with van der Waals surface area (Å²) in [5, 5.41) is 8.22. The smallest absolute Gasteiger partial charge is 0.171 e. The number of fused-ring (bicyclic) bond motifs is 2. The maximum Gasteiger partial charge on any atom is 0.171 e. The van der Waals surface area contributed by atoms with E-state index in [4.69, 9.17) is 4.74 Å². The summed E-state index contributed by atoms with van der Waals surface area (Å²) in [4.78, 5) is 4.59. The minimum absolute atomic E-state index is 0.295. The Morgan fingerprint density at radius 3 is 2.89 bits per heavy atom. The molecule has 1 aliphatic heterocycles. The molecule has 1 aliphatic rings. The molecular weight excluding hydrogens is 343 g/mol. The fraction of sp³-hybridized carbons (Fsp3) is 0.190. The molecule has 2 aromatic carbocycles. The zero-order valence-corrected chi connectivity index (χ0v) is 14.6. The van der Waals surface area contributed by atoms with E-state index in [1.165, 1.54) is 17.2 Å². The third-order valence-corrected chi connectivity index (χ3v) is 5.03. The lowest BCUT2D eigenvalue weighted by Crippen LogP contribution is -2.05. The Balaban J connectivity index is 1.49. The number of hydrogen-bond donors (Lipinski definition) is 0. The Kier molecular flexibility index (Phi) is 3.81. The fourth-order valence-electron chi connectivity index (χ4n) is 3.69. The minimum atomic E-state index is -0.295. The Morgan fingerprint density at radius 2 is 1.96 bits per heavy atom. The largest absolute Gasteiger partial charge is 0.493 e. The second-order valence-corrected chi connectivity index (χ2v) is 6.58. The van der Waals surface area contributed by atoms with Crippen molar-refractivity contribution in [2.45, 2.75) is 19.3 Å². The van der Waals surface area contributed by atoms with Crippen LogP contribution < -0.4 is 4.74 Å². The molecule has 5 nitrogen and oxygen atoms in total. The first-order valence-corrected chi connectivity index (χ1v) is 8.97. The molecule has 3 heterocycles. The topological polar surface area (TPSA) is 52.3 Å². The number of rotatable bonds is 4. The van der Waals surface area contributed by atoms with Crippen LogP contribution in [0.1, 0.15) is 17.0 Å². The fourth-order valence-corrected chi connectivity index (χ4v) is 3.69. The molecular formula is C21H17FN4O. The molecule has 4 aromatic rings. The van der Waals surface area contributed by atoms with Crippen LogP contribution in [0.5, 0.6) is 5.75 Å². The van der Waals surface area contributed by atoms with Gasteiger partial charge in [0, 0.05) is 35.7 Å². The molecule has 6 heteroatoms. The maximum atomic E-state index is 14.2. The number of aryl methyl sites for hydroxylation is 2. The van der Waals surface area contributed by atoms with Crippen molar-refractivity contribution in [3.8, 4) is 16.9 Å². The molecule has 0 fully saturated rings. The van der Waals surface area contributed by atoms with Gasteiger partial charge in [-0.2, -0.15) is 0 Å². The third-order valence-electron chi connectivity index (χ3n) is 5.03. The Labute approximate surface area is 155 Å². The van der Waals surface area contributed by atoms with E-state index >= 15 is 0 Å². The first kappa shape index (κ1) is 15.9. The molecule has 5 rings (SSSR count). The predicted octanol–water partition coefficient (Wildman–Crippen LogP) is 3.65. The van der Waals surface area contributed by atoms with Crippen molar-refractivity contribution < 1.29 is 9.13 Å². The minimum Gasteiger partial charge on any atom is -0.493 e. The molecule has 0 saturated heterocycles. The van der Waals surface area contributed by atoms with Gasteiger partial charge in [0.05, 0.1) is 6.61 Å². The van der Waals surface area contributed by atoms with Crippen LogP contribution in [0.4, 0.5) is 4.39 Å². The predicted molar refractivity (Wildman–Crippen MR) is 99.2 cm³/mol. The molecule has 2 aromatic heterocycles. The zero-order chi connectivity index (χ0) is 18.2. The molecule has 0 N–H and O–H groups in total. The summed E-state index contributed by atoms with van der Waals surface area (Å²) in [5.41, 5.74) is 4.31. The normalized spacial score (nSPS) is 12.9. The number of hydrogen-bond acceptors (Lipinski definition) is 4. The average molecular weight is 360 g/mol. The monoisotopic (exact) mass is 360 g/mol. The van der Waals surface area contributed by atoms with Gasteiger partial charge < -0.3 is 4.74 Å². The van der Waals surface area contributed by atoms with Crippen LogP contribution in [0, 0.1) is 5.82 Å². The molecule has 0 amide bonds. The second kappa shape index (κ2) is 6.46. The maximum absolute atomic E-state index is 14.2. The first-order chi connectivity index (χ1) is 13.3. The lowest BCUT2D eigenvalue weighted by Gasteiger charge is -2.10. The summed E-state index contributed by atoms with van der Waals surface area (Å²) < 4.78 is 21.7. The Morgan fingerprint density at radius 1 is 1.04 bits per heavy atom. The highest BCUT2D eigenvalue weighted by Gasteiger charge is 2.17. The van der Waals surface area contributed by atoms with Gasteiger partial charge in [-0.3, -0.25) is 4.40 Å². The van der Waals surface area contributed by atoms with Gasteiger partial charge in [0.2, 0.25) is 0 Å². The number of nitrogens with zero attached hydrogens (tertiary/aromatic N) is 4. The Hall–Kier alpha value is -3.28. The quantitative estimate of drug-likeness (QED) is 0.557. The van der Waals surface area contributed by atoms with Gasteiger partial charge in [0.25, 0.3) is 0 Å². The van der Waals surface area contributed by atoms with E-state index in [-0.39, 0.29) is 5.82 Å². The van der Waals surface area contributed by atoms with E-state index in [9.17, 15) is 4.39 Å². The van der Waals surface area contributed by atoms with Crippen molar-refractivity contribution >= 4 is 5.65 Å². The summed E-state index contributed by atoms with van der Waals surface area (Å²) in [6.07, 6.45) is 5.87. The number of halogens is 1. The van der Waals surface area contributed by atoms with Crippen LogP contribution in [-0.4, -0.2) is 26.2 Å². The lowest BCUT2D eigenvalue weighted by molar-refractivity contribution is 0.357. The van der Waals surface area contributed by atoms with Gasteiger partial charge in [-0.05, 0) is 24.1 Å². The van der Waals surface area contributed by atoms with E-state index in [1.807, 2.05) is 16.5 Å². The molecule has 27 heavy (non-hydrogen) atoms. The highest BCUT2D eigenvalue weighted by molar-refractivity contribution is 5.76. The summed E-state index contributed by atoms with van der Waals surface area (Å²) in [6.45, 7) is 0.748. The van der Waals surface area contributed by atoms with Gasteiger partial charge in [-0.15, -0.1) is 10.2 Å². The molecule has 0 unspecified atom stereocenters. The van der Waals surface area contributed by atoms with Crippen LogP contribution >= 0.6 is 0 Å². The van der Waals surface area contributed by atoms with E-state index < -0.39 is 0 Å². The SMILES string of the molecule is Fc1ccccc1-c1cnc(CCc2cccc3c2CCO3)n2cnnc12. The van der Waals surface area contributed by atoms with Gasteiger partial charge in [0.15, 0.2) is 5.65 Å². The molecule has 0 aliphatic carbocycles. The highest BCUT2D eigenvalue weighted by atomic mass is 19.1. The van der Waals surface area contributed by atoms with E-state index in [2.05, 4.69) is 21.2 Å². The van der Waals surface area contributed by atoms with Crippen molar-refractivity contribution in [1.82, 2.24) is 19.6 Å². The van der Waals surface area contributed by atoms with E-state index in [1.54, 1.807) is 30.7 Å². The van der Waals surface area contributed by atoms with Gasteiger partial charge in [0.1, 0.15) is 23.7 Å². The van der Waals surface area contributed by atoms with Gasteiger partial charge in [-0.25, -0.2) is 9.37 Å². The molecule has 0 bridgehead atoms. The Bertz CT molecular complexity index is 1140. The lowest BCUT2D eigenvalue weighted by atomic mass is 10.0. The number of ether oxygens (including phenoxy) is 1. The molecule has 0 radical (unpaired) electrons. The molecule has 0 spiro atoms. The number of aromatic nitrogens is 4. The van der Waals surface area contributed by atoms with E-state index in [0.717, 1.165) is 37.4 Å². The summed E-state index contributed by atoms with van der Waals surface area (Å²) in [7, 11) is 0. The zero-order valence-electron chi connectivity index (χ0n) is 14.6. The van der Waals surface area contributed by atoms with Gasteiger partial charge in [-0.1, -0.05) is 30.3 Å². The highest BCUT2D eigenvalue weighted by Crippen LogP contribution is 2.29. The van der Waals surface area contributed by atoms with Crippen molar-refractivity contribution in [2.75, 3.05) is 6.61 Å². The average Bonchev–Trinajstić information content (AvgIpc) is 3.36. The van der Waals surface area contributed by atoms with Crippen LogP contribution in [0.2, 0.25) is 0 Å². The molecule has 134 valence electrons. The first-order valence-electron chi connectivity index (χ1n) is 8.97. The summed E-state index contributed by atoms with van der Waals surface area (Å²) >= 11 is 0. The van der Waals surface area contributed by atoms with Crippen LogP contribution in [0.3, 0.4) is 0 Å². The van der Waals surface area contributed by atoms with Crippen molar-refractivity contribution in [1.29, 1.82) is 0 Å². The van der Waals surface area contributed by atoms with Gasteiger partial charge >= 0.3 is 0 Å².